The minimum Gasteiger partial charge on any atom is -0.477 e. The fourth-order valence-electron chi connectivity index (χ4n) is 2.38. The number of hydrogen-bond acceptors (Lipinski definition) is 5. The number of carbonyl (C=O) groups is 2. The topological polar surface area (TPSA) is 99.4 Å². The molecule has 0 saturated carbocycles. The summed E-state index contributed by atoms with van der Waals surface area (Å²) >= 11 is 0. The van der Waals surface area contributed by atoms with Crippen LogP contribution in [-0.2, 0) is 14.4 Å². The number of amides is 1. The predicted molar refractivity (Wildman–Crippen MR) is 60.9 cm³/mol. The van der Waals surface area contributed by atoms with Gasteiger partial charge in [0.05, 0.1) is 12.6 Å². The molecule has 100 valence electrons. The van der Waals surface area contributed by atoms with Crippen LogP contribution in [0.1, 0.15) is 19.8 Å². The minimum atomic E-state index is -1.17. The molecule has 2 aliphatic heterocycles. The number of aliphatic hydroxyl groups is 1. The Morgan fingerprint density at radius 2 is 2.28 bits per heavy atom. The average molecular weight is 256 g/mol. The molecule has 0 spiro atoms. The maximum Gasteiger partial charge on any atom is 0.353 e. The van der Waals surface area contributed by atoms with Crippen LogP contribution >= 0.6 is 0 Å². The molecule has 3 unspecified atom stereocenters. The van der Waals surface area contributed by atoms with Crippen LogP contribution in [0.25, 0.3) is 0 Å². The van der Waals surface area contributed by atoms with Crippen molar-refractivity contribution in [3.63, 3.8) is 0 Å². The third-order valence-electron chi connectivity index (χ3n) is 3.54. The second-order valence-electron chi connectivity index (χ2n) is 4.69. The van der Waals surface area contributed by atoms with Gasteiger partial charge in [0, 0.05) is 13.0 Å². The van der Waals surface area contributed by atoms with Gasteiger partial charge in [-0.2, -0.15) is 0 Å². The quantitative estimate of drug-likeness (QED) is 0.705. The number of oxime groups is 1. The molecule has 2 heterocycles. The van der Waals surface area contributed by atoms with Crippen molar-refractivity contribution in [1.29, 1.82) is 0 Å². The molecule has 0 aromatic carbocycles. The van der Waals surface area contributed by atoms with Crippen LogP contribution in [0, 0.1) is 5.92 Å². The number of likely N-dealkylation sites (tertiary alicyclic amines) is 1. The third kappa shape index (κ3) is 2.17. The number of aliphatic carboxylic acids is 1. The molecule has 0 radical (unpaired) electrons. The highest BCUT2D eigenvalue weighted by molar-refractivity contribution is 6.36. The third-order valence-corrected chi connectivity index (χ3v) is 3.54. The molecule has 2 rings (SSSR count). The number of carboxylic acids is 1. The summed E-state index contributed by atoms with van der Waals surface area (Å²) in [6.45, 7) is 2.45. The molecule has 1 fully saturated rings. The fourth-order valence-corrected chi connectivity index (χ4v) is 2.38. The molecule has 1 saturated heterocycles. The zero-order valence-corrected chi connectivity index (χ0v) is 10.1. The van der Waals surface area contributed by atoms with E-state index in [0.717, 1.165) is 6.42 Å². The second kappa shape index (κ2) is 4.93. The van der Waals surface area contributed by atoms with Gasteiger partial charge in [0.1, 0.15) is 0 Å². The van der Waals surface area contributed by atoms with Gasteiger partial charge < -0.3 is 20.0 Å². The highest BCUT2D eigenvalue weighted by Gasteiger charge is 2.40. The van der Waals surface area contributed by atoms with Crippen LogP contribution in [0.4, 0.5) is 0 Å². The van der Waals surface area contributed by atoms with E-state index in [4.69, 9.17) is 9.94 Å². The normalized spacial score (nSPS) is 31.1. The lowest BCUT2D eigenvalue weighted by Crippen LogP contribution is -2.45. The van der Waals surface area contributed by atoms with E-state index in [1.54, 1.807) is 4.90 Å². The largest absolute Gasteiger partial charge is 0.477 e. The average Bonchev–Trinajstić information content (AvgIpc) is 2.94. The summed E-state index contributed by atoms with van der Waals surface area (Å²) in [5, 5.41) is 21.4. The summed E-state index contributed by atoms with van der Waals surface area (Å²) in [4.78, 5) is 29.3. The zero-order chi connectivity index (χ0) is 13.3. The lowest BCUT2D eigenvalue weighted by atomic mass is 10.0. The lowest BCUT2D eigenvalue weighted by Gasteiger charge is -2.26. The number of hydrogen-bond donors (Lipinski definition) is 2. The van der Waals surface area contributed by atoms with Gasteiger partial charge in [0.15, 0.2) is 5.71 Å². The van der Waals surface area contributed by atoms with Crippen LogP contribution in [0.3, 0.4) is 0 Å². The summed E-state index contributed by atoms with van der Waals surface area (Å²) in [7, 11) is 0. The Balaban J connectivity index is 1.99. The minimum absolute atomic E-state index is 0.0167. The van der Waals surface area contributed by atoms with Crippen LogP contribution in [0.5, 0.6) is 0 Å². The fraction of sp³-hybridized carbons (Fsp3) is 0.727. The van der Waals surface area contributed by atoms with Crippen molar-refractivity contribution in [1.82, 2.24) is 4.90 Å². The molecular formula is C11H16N2O5. The summed E-state index contributed by atoms with van der Waals surface area (Å²) in [5.41, 5.74) is -0.138. The number of carboxylic acid groups (broad SMARTS) is 1. The molecule has 0 aromatic heterocycles. The Kier molecular flexibility index (Phi) is 3.51. The van der Waals surface area contributed by atoms with E-state index in [1.165, 1.54) is 0 Å². The van der Waals surface area contributed by atoms with Crippen LogP contribution in [0.15, 0.2) is 5.16 Å². The molecule has 0 aromatic rings. The predicted octanol–water partition coefficient (Wildman–Crippen LogP) is -0.555. The van der Waals surface area contributed by atoms with E-state index in [0.29, 0.717) is 6.54 Å². The van der Waals surface area contributed by atoms with Crippen molar-refractivity contribution >= 4 is 17.6 Å². The summed E-state index contributed by atoms with van der Waals surface area (Å²) in [6.07, 6.45) is -0.0523. The monoisotopic (exact) mass is 256 g/mol. The lowest BCUT2D eigenvalue weighted by molar-refractivity contribution is -0.144. The number of aliphatic hydroxyl groups excluding tert-OH is 1. The first-order valence-corrected chi connectivity index (χ1v) is 5.92. The molecule has 0 aliphatic carbocycles. The first kappa shape index (κ1) is 12.8. The molecule has 1 amide bonds. The first-order valence-electron chi connectivity index (χ1n) is 5.92. The number of nitrogens with zero attached hydrogens (tertiary/aromatic N) is 2. The summed E-state index contributed by atoms with van der Waals surface area (Å²) in [5.74, 6) is -1.22. The van der Waals surface area contributed by atoms with E-state index in [1.807, 2.05) is 6.92 Å². The standard InChI is InChI=1S/C11H16N2O5/c1-6-2-3-13(8(6)5-14)10(15)9-4-7(11(16)17)12-18-9/h6,8-9,14H,2-5H2,1H3,(H,16,17). The Morgan fingerprint density at radius 3 is 2.83 bits per heavy atom. The number of carbonyl (C=O) groups excluding carboxylic acids is 1. The van der Waals surface area contributed by atoms with Gasteiger partial charge in [-0.3, -0.25) is 4.79 Å². The SMILES string of the molecule is CC1CCN(C(=O)C2CC(C(=O)O)=NO2)C1CO. The molecule has 7 heteroatoms. The highest BCUT2D eigenvalue weighted by Crippen LogP contribution is 2.26. The van der Waals surface area contributed by atoms with Crippen LogP contribution in [0.2, 0.25) is 0 Å². The maximum absolute atomic E-state index is 12.2. The van der Waals surface area contributed by atoms with E-state index in [9.17, 15) is 14.7 Å². The van der Waals surface area contributed by atoms with E-state index >= 15 is 0 Å². The van der Waals surface area contributed by atoms with Gasteiger partial charge in [-0.15, -0.1) is 0 Å². The van der Waals surface area contributed by atoms with E-state index < -0.39 is 12.1 Å². The van der Waals surface area contributed by atoms with E-state index in [2.05, 4.69) is 5.16 Å². The van der Waals surface area contributed by atoms with Crippen molar-refractivity contribution in [3.8, 4) is 0 Å². The van der Waals surface area contributed by atoms with Crippen molar-refractivity contribution in [2.75, 3.05) is 13.2 Å². The van der Waals surface area contributed by atoms with Gasteiger partial charge in [0.25, 0.3) is 5.91 Å². The van der Waals surface area contributed by atoms with Crippen LogP contribution in [-0.4, -0.2) is 58.0 Å². The molecule has 7 nitrogen and oxygen atoms in total. The van der Waals surface area contributed by atoms with Gasteiger partial charge in [0.2, 0.25) is 6.10 Å². The zero-order valence-electron chi connectivity index (χ0n) is 10.1. The smallest absolute Gasteiger partial charge is 0.353 e. The van der Waals surface area contributed by atoms with Crippen molar-refractivity contribution in [2.24, 2.45) is 11.1 Å². The Hall–Kier alpha value is -1.63. The molecule has 2 aliphatic rings. The molecule has 18 heavy (non-hydrogen) atoms. The van der Waals surface area contributed by atoms with Crippen LogP contribution < -0.4 is 0 Å². The molecule has 2 N–H and O–H groups in total. The van der Waals surface area contributed by atoms with Gasteiger partial charge in [-0.25, -0.2) is 4.79 Å². The van der Waals surface area contributed by atoms with Crippen molar-refractivity contribution in [3.05, 3.63) is 0 Å². The second-order valence-corrected chi connectivity index (χ2v) is 4.69. The highest BCUT2D eigenvalue weighted by atomic mass is 16.6. The molecular weight excluding hydrogens is 240 g/mol. The number of rotatable bonds is 3. The molecule has 3 atom stereocenters. The van der Waals surface area contributed by atoms with Crippen molar-refractivity contribution < 1.29 is 24.6 Å². The Bertz CT molecular complexity index is 395. The summed E-state index contributed by atoms with van der Waals surface area (Å²) < 4.78 is 0. The maximum atomic E-state index is 12.2. The summed E-state index contributed by atoms with van der Waals surface area (Å²) in [6, 6.07) is -0.213. The van der Waals surface area contributed by atoms with Crippen molar-refractivity contribution in [2.45, 2.75) is 31.9 Å². The Labute approximate surface area is 104 Å². The van der Waals surface area contributed by atoms with Gasteiger partial charge >= 0.3 is 5.97 Å². The van der Waals surface area contributed by atoms with Gasteiger partial charge in [-0.05, 0) is 12.3 Å². The first-order chi connectivity index (χ1) is 8.54. The van der Waals surface area contributed by atoms with Gasteiger partial charge in [-0.1, -0.05) is 12.1 Å². The van der Waals surface area contributed by atoms with E-state index in [-0.39, 0.29) is 36.6 Å². The molecule has 0 bridgehead atoms. The Morgan fingerprint density at radius 1 is 1.56 bits per heavy atom.